The molecule has 0 atom stereocenters. The molecule has 0 aliphatic carbocycles. The van der Waals surface area contributed by atoms with E-state index < -0.39 is 0 Å². The second-order valence-electron chi connectivity index (χ2n) is 6.60. The minimum Gasteiger partial charge on any atom is -0.459 e. The van der Waals surface area contributed by atoms with Crippen molar-refractivity contribution in [3.63, 3.8) is 0 Å². The maximum atomic E-state index is 13.9. The van der Waals surface area contributed by atoms with Crippen LogP contribution in [0, 0.1) is 18.7 Å². The van der Waals surface area contributed by atoms with E-state index in [1.54, 1.807) is 29.2 Å². The molecule has 1 saturated heterocycles. The van der Waals surface area contributed by atoms with Crippen molar-refractivity contribution in [3.8, 4) is 0 Å². The van der Waals surface area contributed by atoms with Crippen molar-refractivity contribution in [1.82, 2.24) is 15.2 Å². The minimum atomic E-state index is -0.369. The molecule has 1 aliphatic heterocycles. The predicted octanol–water partition coefficient (Wildman–Crippen LogP) is 2.71. The number of likely N-dealkylation sites (tertiary alicyclic amines) is 1. The van der Waals surface area contributed by atoms with Gasteiger partial charge in [-0.15, -0.1) is 0 Å². The van der Waals surface area contributed by atoms with Gasteiger partial charge in [0, 0.05) is 30.9 Å². The van der Waals surface area contributed by atoms with Gasteiger partial charge in [0.05, 0.1) is 11.8 Å². The highest BCUT2D eigenvalue weighted by molar-refractivity contribution is 5.99. The molecule has 7 heteroatoms. The number of fused-ring (bicyclic) bond motifs is 1. The Morgan fingerprint density at radius 2 is 2.15 bits per heavy atom. The lowest BCUT2D eigenvalue weighted by molar-refractivity contribution is 0.0491. The molecule has 3 heterocycles. The number of hydrogen-bond donors (Lipinski definition) is 2. The molecule has 2 aromatic heterocycles. The molecule has 0 spiro atoms. The SMILES string of the molecule is Cc1ccc(F)c2[nH]c(C(=O)N3CC(CNC(=O)c4ccco4)C3)cc12. The Bertz CT molecular complexity index is 932. The summed E-state index contributed by atoms with van der Waals surface area (Å²) in [6, 6.07) is 8.04. The van der Waals surface area contributed by atoms with Gasteiger partial charge in [-0.1, -0.05) is 6.07 Å². The third-order valence-corrected chi connectivity index (χ3v) is 4.73. The van der Waals surface area contributed by atoms with Gasteiger partial charge in [-0.05, 0) is 36.8 Å². The first-order valence-electron chi connectivity index (χ1n) is 8.41. The number of hydrogen-bond acceptors (Lipinski definition) is 3. The van der Waals surface area contributed by atoms with E-state index in [1.807, 2.05) is 6.92 Å². The Morgan fingerprint density at radius 3 is 2.85 bits per heavy atom. The first-order valence-corrected chi connectivity index (χ1v) is 8.41. The molecule has 26 heavy (non-hydrogen) atoms. The number of halogens is 1. The van der Waals surface area contributed by atoms with Crippen LogP contribution in [0.3, 0.4) is 0 Å². The van der Waals surface area contributed by atoms with Crippen LogP contribution in [0.4, 0.5) is 4.39 Å². The number of aryl methyl sites for hydroxylation is 1. The topological polar surface area (TPSA) is 78.3 Å². The molecule has 1 aliphatic rings. The lowest BCUT2D eigenvalue weighted by atomic mass is 9.99. The van der Waals surface area contributed by atoms with Crippen LogP contribution >= 0.6 is 0 Å². The van der Waals surface area contributed by atoms with E-state index in [0.717, 1.165) is 10.9 Å². The Labute approximate surface area is 149 Å². The zero-order chi connectivity index (χ0) is 18.3. The van der Waals surface area contributed by atoms with Gasteiger partial charge < -0.3 is 19.6 Å². The van der Waals surface area contributed by atoms with Crippen molar-refractivity contribution in [3.05, 3.63) is 59.4 Å². The lowest BCUT2D eigenvalue weighted by Crippen LogP contribution is -2.53. The Hall–Kier alpha value is -3.09. The van der Waals surface area contributed by atoms with Gasteiger partial charge in [0.25, 0.3) is 11.8 Å². The van der Waals surface area contributed by atoms with Gasteiger partial charge in [-0.25, -0.2) is 4.39 Å². The normalized spacial score (nSPS) is 14.5. The van der Waals surface area contributed by atoms with Gasteiger partial charge in [-0.2, -0.15) is 0 Å². The monoisotopic (exact) mass is 355 g/mol. The van der Waals surface area contributed by atoms with E-state index >= 15 is 0 Å². The van der Waals surface area contributed by atoms with Crippen LogP contribution in [0.25, 0.3) is 10.9 Å². The Morgan fingerprint density at radius 1 is 1.35 bits per heavy atom. The quantitative estimate of drug-likeness (QED) is 0.755. The third-order valence-electron chi connectivity index (χ3n) is 4.73. The maximum absolute atomic E-state index is 13.9. The molecule has 2 N–H and O–H groups in total. The van der Waals surface area contributed by atoms with Crippen molar-refractivity contribution in [2.24, 2.45) is 5.92 Å². The van der Waals surface area contributed by atoms with Crippen LogP contribution in [0.15, 0.2) is 41.0 Å². The van der Waals surface area contributed by atoms with Crippen LogP contribution in [-0.2, 0) is 0 Å². The molecule has 0 saturated carbocycles. The highest BCUT2D eigenvalue weighted by Crippen LogP contribution is 2.25. The molecule has 134 valence electrons. The van der Waals surface area contributed by atoms with Crippen LogP contribution < -0.4 is 5.32 Å². The summed E-state index contributed by atoms with van der Waals surface area (Å²) < 4.78 is 18.9. The maximum Gasteiger partial charge on any atom is 0.286 e. The van der Waals surface area contributed by atoms with E-state index in [2.05, 4.69) is 10.3 Å². The standard InChI is InChI=1S/C19H18FN3O3/c1-11-4-5-14(20)17-13(11)7-15(22-17)19(25)23-9-12(10-23)8-21-18(24)16-3-2-6-26-16/h2-7,12,22H,8-10H2,1H3,(H,21,24). The number of aromatic nitrogens is 1. The molecule has 0 radical (unpaired) electrons. The van der Waals surface area contributed by atoms with Crippen LogP contribution in [0.1, 0.15) is 26.6 Å². The molecule has 1 aromatic carbocycles. The summed E-state index contributed by atoms with van der Waals surface area (Å²) in [6.07, 6.45) is 1.45. The predicted molar refractivity (Wildman–Crippen MR) is 93.4 cm³/mol. The molecule has 6 nitrogen and oxygen atoms in total. The molecular formula is C19H18FN3O3. The van der Waals surface area contributed by atoms with Gasteiger partial charge >= 0.3 is 0 Å². The van der Waals surface area contributed by atoms with Gasteiger partial charge in [-0.3, -0.25) is 9.59 Å². The number of furan rings is 1. The molecule has 0 bridgehead atoms. The zero-order valence-electron chi connectivity index (χ0n) is 14.2. The summed E-state index contributed by atoms with van der Waals surface area (Å²) in [7, 11) is 0. The van der Waals surface area contributed by atoms with Crippen LogP contribution in [0.2, 0.25) is 0 Å². The molecule has 4 rings (SSSR count). The van der Waals surface area contributed by atoms with Crippen molar-refractivity contribution in [2.45, 2.75) is 6.92 Å². The second-order valence-corrected chi connectivity index (χ2v) is 6.60. The summed E-state index contributed by atoms with van der Waals surface area (Å²) in [5.74, 6) is -0.324. The number of benzene rings is 1. The van der Waals surface area contributed by atoms with Gasteiger partial charge in [0.1, 0.15) is 11.5 Å². The minimum absolute atomic E-state index is 0.159. The highest BCUT2D eigenvalue weighted by Gasteiger charge is 2.32. The number of H-pyrrole nitrogens is 1. The number of rotatable bonds is 4. The van der Waals surface area contributed by atoms with E-state index in [9.17, 15) is 14.0 Å². The fourth-order valence-corrected chi connectivity index (χ4v) is 3.21. The summed E-state index contributed by atoms with van der Waals surface area (Å²) in [4.78, 5) is 29.0. The van der Waals surface area contributed by atoms with Gasteiger partial charge in [0.15, 0.2) is 5.76 Å². The fraction of sp³-hybridized carbons (Fsp3) is 0.263. The lowest BCUT2D eigenvalue weighted by Gasteiger charge is -2.39. The Kier molecular flexibility index (Phi) is 3.99. The van der Waals surface area contributed by atoms with Crippen molar-refractivity contribution in [1.29, 1.82) is 0 Å². The van der Waals surface area contributed by atoms with Crippen molar-refractivity contribution < 1.29 is 18.4 Å². The van der Waals surface area contributed by atoms with E-state index in [0.29, 0.717) is 30.8 Å². The first kappa shape index (κ1) is 16.4. The number of nitrogens with zero attached hydrogens (tertiary/aromatic N) is 1. The fourth-order valence-electron chi connectivity index (χ4n) is 3.21. The molecule has 2 amide bonds. The summed E-state index contributed by atoms with van der Waals surface area (Å²) in [5.41, 5.74) is 1.65. The molecule has 3 aromatic rings. The number of amides is 2. The summed E-state index contributed by atoms with van der Waals surface area (Å²) in [6.45, 7) is 3.46. The van der Waals surface area contributed by atoms with Crippen LogP contribution in [0.5, 0.6) is 0 Å². The highest BCUT2D eigenvalue weighted by atomic mass is 19.1. The zero-order valence-corrected chi connectivity index (χ0v) is 14.2. The average Bonchev–Trinajstić information content (AvgIpc) is 3.26. The van der Waals surface area contributed by atoms with E-state index in [-0.39, 0.29) is 29.3 Å². The second kappa shape index (κ2) is 6.33. The van der Waals surface area contributed by atoms with Gasteiger partial charge in [0.2, 0.25) is 0 Å². The summed E-state index contributed by atoms with van der Waals surface area (Å²) >= 11 is 0. The molecule has 0 unspecified atom stereocenters. The largest absolute Gasteiger partial charge is 0.459 e. The first-order chi connectivity index (χ1) is 12.5. The smallest absolute Gasteiger partial charge is 0.286 e. The number of carbonyl (C=O) groups is 2. The molecular weight excluding hydrogens is 337 g/mol. The number of carbonyl (C=O) groups excluding carboxylic acids is 2. The van der Waals surface area contributed by atoms with Crippen molar-refractivity contribution >= 4 is 22.7 Å². The number of aromatic amines is 1. The van der Waals surface area contributed by atoms with E-state index in [4.69, 9.17) is 4.42 Å². The van der Waals surface area contributed by atoms with Crippen molar-refractivity contribution in [2.75, 3.05) is 19.6 Å². The average molecular weight is 355 g/mol. The Balaban J connectivity index is 1.35. The summed E-state index contributed by atoms with van der Waals surface area (Å²) in [5, 5.41) is 3.51. The number of nitrogens with one attached hydrogen (secondary N) is 2. The van der Waals surface area contributed by atoms with Crippen LogP contribution in [-0.4, -0.2) is 41.3 Å². The molecule has 1 fully saturated rings. The third kappa shape index (κ3) is 2.85. The van der Waals surface area contributed by atoms with E-state index in [1.165, 1.54) is 12.3 Å².